The third kappa shape index (κ3) is 6.13. The molecule has 1 rings (SSSR count). The lowest BCUT2D eigenvalue weighted by Gasteiger charge is -2.18. The van der Waals surface area contributed by atoms with Crippen LogP contribution >= 0.6 is 0 Å². The number of aliphatic hydroxyl groups is 2. The maximum absolute atomic E-state index is 12.1. The predicted octanol–water partition coefficient (Wildman–Crippen LogP) is 0.0745. The molecule has 0 radical (unpaired) electrons. The maximum atomic E-state index is 12.1. The number of methoxy groups -OCH3 is 1. The minimum atomic E-state index is -1.14. The molecule has 24 heavy (non-hydrogen) atoms. The van der Waals surface area contributed by atoms with E-state index in [4.69, 9.17) is 5.11 Å². The molecule has 2 unspecified atom stereocenters. The highest BCUT2D eigenvalue weighted by Crippen LogP contribution is 2.05. The lowest BCUT2D eigenvalue weighted by molar-refractivity contribution is -0.145. The quantitative estimate of drug-likeness (QED) is 0.537. The smallest absolute Gasteiger partial charge is 0.331 e. The van der Waals surface area contributed by atoms with Gasteiger partial charge >= 0.3 is 5.97 Å². The molecule has 6 nitrogen and oxygen atoms in total. The zero-order chi connectivity index (χ0) is 18.1. The van der Waals surface area contributed by atoms with E-state index in [-0.39, 0.29) is 0 Å². The van der Waals surface area contributed by atoms with Gasteiger partial charge in [0.25, 0.3) is 5.91 Å². The zero-order valence-electron chi connectivity index (χ0n) is 13.7. The second kappa shape index (κ2) is 9.36. The summed E-state index contributed by atoms with van der Waals surface area (Å²) < 4.78 is 4.54. The lowest BCUT2D eigenvalue weighted by atomic mass is 10.1. The molecule has 1 aromatic carbocycles. The van der Waals surface area contributed by atoms with Crippen LogP contribution < -0.4 is 5.32 Å². The van der Waals surface area contributed by atoms with Gasteiger partial charge < -0.3 is 20.3 Å². The Kier molecular flexibility index (Phi) is 7.51. The summed E-state index contributed by atoms with van der Waals surface area (Å²) in [6.07, 6.45) is -1.82. The fourth-order valence-electron chi connectivity index (χ4n) is 1.68. The van der Waals surface area contributed by atoms with Gasteiger partial charge in [-0.1, -0.05) is 11.8 Å². The van der Waals surface area contributed by atoms with Crippen LogP contribution in [-0.4, -0.2) is 47.4 Å². The number of nitrogens with one attached hydrogen (secondary N) is 1. The summed E-state index contributed by atoms with van der Waals surface area (Å²) >= 11 is 0. The molecule has 3 N–H and O–H groups in total. The van der Waals surface area contributed by atoms with Crippen molar-refractivity contribution in [1.82, 2.24) is 5.32 Å². The molecular formula is C18H19NO5. The van der Waals surface area contributed by atoms with E-state index in [2.05, 4.69) is 33.7 Å². The first kappa shape index (κ1) is 19.2. The van der Waals surface area contributed by atoms with Gasteiger partial charge in [0, 0.05) is 11.1 Å². The van der Waals surface area contributed by atoms with Crippen molar-refractivity contribution < 1.29 is 24.5 Å². The lowest BCUT2D eigenvalue weighted by Crippen LogP contribution is -2.48. The van der Waals surface area contributed by atoms with Gasteiger partial charge in [-0.2, -0.15) is 0 Å². The van der Waals surface area contributed by atoms with E-state index in [0.717, 1.165) is 0 Å². The van der Waals surface area contributed by atoms with Crippen molar-refractivity contribution in [3.63, 3.8) is 0 Å². The van der Waals surface area contributed by atoms with Gasteiger partial charge in [-0.3, -0.25) is 4.79 Å². The van der Waals surface area contributed by atoms with Crippen LogP contribution in [0.25, 0.3) is 0 Å². The number of esters is 1. The molecule has 0 aliphatic heterocycles. The Bertz CT molecular complexity index is 699. The second-order valence-electron chi connectivity index (χ2n) is 4.99. The van der Waals surface area contributed by atoms with E-state index in [1.165, 1.54) is 33.1 Å². The molecule has 0 saturated carbocycles. The van der Waals surface area contributed by atoms with Gasteiger partial charge in [0.05, 0.1) is 13.2 Å². The number of amides is 1. The number of rotatable bonds is 4. The van der Waals surface area contributed by atoms with Gasteiger partial charge in [-0.15, -0.1) is 0 Å². The monoisotopic (exact) mass is 329 g/mol. The van der Waals surface area contributed by atoms with Crippen LogP contribution in [0.2, 0.25) is 0 Å². The third-order valence-electron chi connectivity index (χ3n) is 2.92. The number of aliphatic hydroxyl groups excluding tert-OH is 2. The van der Waals surface area contributed by atoms with E-state index in [1.807, 2.05) is 0 Å². The summed E-state index contributed by atoms with van der Waals surface area (Å²) in [4.78, 5) is 23.6. The van der Waals surface area contributed by atoms with Gasteiger partial charge in [0.1, 0.15) is 6.10 Å². The fraction of sp³-hybridized carbons (Fsp3) is 0.333. The van der Waals surface area contributed by atoms with E-state index >= 15 is 0 Å². The van der Waals surface area contributed by atoms with Crippen molar-refractivity contribution >= 4 is 11.9 Å². The summed E-state index contributed by atoms with van der Waals surface area (Å²) in [6, 6.07) is 5.19. The average molecular weight is 329 g/mol. The zero-order valence-corrected chi connectivity index (χ0v) is 13.7. The number of ether oxygens (including phenoxy) is 1. The minimum absolute atomic E-state index is 0.310. The second-order valence-corrected chi connectivity index (χ2v) is 4.99. The average Bonchev–Trinajstić information content (AvgIpc) is 2.55. The molecule has 0 bridgehead atoms. The van der Waals surface area contributed by atoms with E-state index < -0.39 is 30.1 Å². The van der Waals surface area contributed by atoms with Gasteiger partial charge in [0.2, 0.25) is 0 Å². The first-order chi connectivity index (χ1) is 11.3. The highest BCUT2D eigenvalue weighted by molar-refractivity contribution is 5.97. The van der Waals surface area contributed by atoms with Crippen molar-refractivity contribution in [3.8, 4) is 23.7 Å². The molecule has 1 amide bonds. The predicted molar refractivity (Wildman–Crippen MR) is 87.7 cm³/mol. The van der Waals surface area contributed by atoms with Crippen molar-refractivity contribution in [3.05, 3.63) is 35.4 Å². The molecule has 0 fully saturated rings. The summed E-state index contributed by atoms with van der Waals surface area (Å²) in [6.45, 7) is 2.92. The first-order valence-electron chi connectivity index (χ1n) is 7.21. The molecular weight excluding hydrogens is 310 g/mol. The Morgan fingerprint density at radius 2 is 1.75 bits per heavy atom. The van der Waals surface area contributed by atoms with Crippen LogP contribution in [0.1, 0.15) is 29.8 Å². The molecule has 0 aliphatic carbocycles. The Hall–Kier alpha value is -2.80. The number of carbonyl (C=O) groups excluding carboxylic acids is 2. The number of hydrogen-bond acceptors (Lipinski definition) is 5. The molecule has 1 aromatic rings. The Balaban J connectivity index is 2.80. The summed E-state index contributed by atoms with van der Waals surface area (Å²) in [5.74, 6) is 9.12. The van der Waals surface area contributed by atoms with Crippen molar-refractivity contribution in [1.29, 1.82) is 0 Å². The molecule has 0 aliphatic rings. The van der Waals surface area contributed by atoms with Gasteiger partial charge in [-0.05, 0) is 50.0 Å². The normalized spacial score (nSPS) is 13.2. The summed E-state index contributed by atoms with van der Waals surface area (Å²) in [5.41, 5.74) is 0.955. The van der Waals surface area contributed by atoms with E-state index in [1.54, 1.807) is 12.1 Å². The number of hydrogen-bond donors (Lipinski definition) is 3. The van der Waals surface area contributed by atoms with E-state index in [9.17, 15) is 14.7 Å². The third-order valence-corrected chi connectivity index (χ3v) is 2.92. The molecule has 126 valence electrons. The standard InChI is InChI=1S/C18H19NO5/c1-12(20)6-4-5-7-14-8-10-15(11-9-14)17(22)19-16(13(2)21)18(23)24-3/h8-13,16,20-21H,1-3H3,(H,19,22)/t12-,13?,16?/m0/s1. The summed E-state index contributed by atoms with van der Waals surface area (Å²) in [7, 11) is 1.18. The van der Waals surface area contributed by atoms with E-state index in [0.29, 0.717) is 11.1 Å². The topological polar surface area (TPSA) is 95.9 Å². The fourth-order valence-corrected chi connectivity index (χ4v) is 1.68. The highest BCUT2D eigenvalue weighted by atomic mass is 16.5. The Labute approximate surface area is 140 Å². The highest BCUT2D eigenvalue weighted by Gasteiger charge is 2.26. The van der Waals surface area contributed by atoms with Crippen LogP contribution in [0.4, 0.5) is 0 Å². The largest absolute Gasteiger partial charge is 0.467 e. The molecule has 0 aromatic heterocycles. The molecule has 0 heterocycles. The molecule has 6 heteroatoms. The molecule has 0 spiro atoms. The van der Waals surface area contributed by atoms with Crippen LogP contribution in [-0.2, 0) is 9.53 Å². The van der Waals surface area contributed by atoms with Gasteiger partial charge in [0.15, 0.2) is 6.04 Å². The Morgan fingerprint density at radius 3 is 2.25 bits per heavy atom. The summed E-state index contributed by atoms with van der Waals surface area (Å²) in [5, 5.41) is 20.9. The van der Waals surface area contributed by atoms with Crippen LogP contribution in [0.5, 0.6) is 0 Å². The SMILES string of the molecule is COC(=O)C(NC(=O)c1ccc(C#CC#C[C@H](C)O)cc1)C(C)O. The molecule has 3 atom stereocenters. The first-order valence-corrected chi connectivity index (χ1v) is 7.21. The van der Waals surface area contributed by atoms with Crippen molar-refractivity contribution in [2.75, 3.05) is 7.11 Å². The van der Waals surface area contributed by atoms with Crippen LogP contribution in [0, 0.1) is 23.7 Å². The van der Waals surface area contributed by atoms with Crippen molar-refractivity contribution in [2.45, 2.75) is 32.1 Å². The van der Waals surface area contributed by atoms with Crippen LogP contribution in [0.3, 0.4) is 0 Å². The minimum Gasteiger partial charge on any atom is -0.467 e. The van der Waals surface area contributed by atoms with Crippen LogP contribution in [0.15, 0.2) is 24.3 Å². The number of carbonyl (C=O) groups is 2. The number of benzene rings is 1. The molecule has 0 saturated heterocycles. The van der Waals surface area contributed by atoms with Gasteiger partial charge in [-0.25, -0.2) is 4.79 Å². The Morgan fingerprint density at radius 1 is 1.12 bits per heavy atom. The maximum Gasteiger partial charge on any atom is 0.331 e. The van der Waals surface area contributed by atoms with Crippen molar-refractivity contribution in [2.24, 2.45) is 0 Å².